The van der Waals surface area contributed by atoms with E-state index in [-0.39, 0.29) is 40.9 Å². The van der Waals surface area contributed by atoms with Gasteiger partial charge in [-0.1, -0.05) is 32.9 Å². The maximum atomic E-state index is 14.7. The van der Waals surface area contributed by atoms with E-state index in [1.54, 1.807) is 6.92 Å². The van der Waals surface area contributed by atoms with Crippen molar-refractivity contribution in [2.75, 3.05) is 19.8 Å². The van der Waals surface area contributed by atoms with Crippen LogP contribution in [0, 0.1) is 56.7 Å². The first-order valence-corrected chi connectivity index (χ1v) is 27.9. The molecular formula is C54H86O24. The maximum Gasteiger partial charge on any atom is 0.314 e. The lowest BCUT2D eigenvalue weighted by Gasteiger charge is -2.72. The molecule has 9 fully saturated rings. The van der Waals surface area contributed by atoms with Crippen LogP contribution in [-0.4, -0.2) is 232 Å². The van der Waals surface area contributed by atoms with Crippen LogP contribution in [0.2, 0.25) is 0 Å². The van der Waals surface area contributed by atoms with Gasteiger partial charge in [-0.3, -0.25) is 9.59 Å². The zero-order valence-corrected chi connectivity index (χ0v) is 45.3. The standard InChI is InChI=1S/C54H86O24/c1-21(2)23-10-15-54(49(70)78-47-41(66)36(61)33(58)25(18-55)73-47)17-16-51(5)24(31(23)54)8-9-28-50(4)13-12-30(53(7,48(68)69)29(50)11-14-52(28,51)6)76-46-40(65)37(62)34(59)27(75-46)20-71-44-42(67)38(63)43(26(19-56)74-44)77-45-39(64)35(60)32(57)22(3)72-45/h22-47,55-67H,1,8-20H2,2-7H3,(H,68,69)/t22-,23?,24?,25+,26+,27+,28?,29?,30-,31?,32-,33+,34+,35+,36-,37-,38+,39+,40+,41+,42+,43+,44+,45-,46-,47-,50+,51+,52+,53?,54-/m0/s1. The largest absolute Gasteiger partial charge is 0.481 e. The van der Waals surface area contributed by atoms with E-state index in [2.05, 4.69) is 27.4 Å². The van der Waals surface area contributed by atoms with Crippen molar-refractivity contribution in [1.29, 1.82) is 0 Å². The molecule has 5 saturated carbocycles. The number of ether oxygens (including phenoxy) is 8. The molecule has 0 spiro atoms. The van der Waals surface area contributed by atoms with Crippen LogP contribution in [0.1, 0.15) is 106 Å². The second-order valence-electron chi connectivity index (χ2n) is 25.5. The summed E-state index contributed by atoms with van der Waals surface area (Å²) in [6.45, 7) is 14.1. The van der Waals surface area contributed by atoms with Crippen LogP contribution >= 0.6 is 0 Å². The van der Waals surface area contributed by atoms with Crippen LogP contribution in [0.3, 0.4) is 0 Å². The van der Waals surface area contributed by atoms with E-state index in [1.165, 1.54) is 6.92 Å². The van der Waals surface area contributed by atoms with E-state index in [0.717, 1.165) is 18.4 Å². The molecule has 0 bridgehead atoms. The molecule has 6 unspecified atom stereocenters. The summed E-state index contributed by atoms with van der Waals surface area (Å²) >= 11 is 0. The highest BCUT2D eigenvalue weighted by Crippen LogP contribution is 2.78. The molecule has 5 aliphatic carbocycles. The summed E-state index contributed by atoms with van der Waals surface area (Å²) in [6, 6.07) is 0. The zero-order valence-electron chi connectivity index (χ0n) is 45.3. The van der Waals surface area contributed by atoms with Crippen LogP contribution in [0.15, 0.2) is 12.2 Å². The molecule has 4 saturated heterocycles. The van der Waals surface area contributed by atoms with E-state index in [4.69, 9.17) is 37.9 Å². The molecule has 0 aromatic carbocycles. The molecular weight excluding hydrogens is 1030 g/mol. The van der Waals surface area contributed by atoms with Gasteiger partial charge in [-0.2, -0.15) is 0 Å². The lowest BCUT2D eigenvalue weighted by molar-refractivity contribution is -0.365. The number of carbonyl (C=O) groups is 2. The van der Waals surface area contributed by atoms with Crippen molar-refractivity contribution in [2.45, 2.75) is 235 Å². The molecule has 4 heterocycles. The SMILES string of the molecule is C=C(C)C1CC[C@]2(C(=O)O[C@@H]3O[C@H](CO)[C@@H](O)[C@H](O)[C@H]3O)CC[C@]3(C)C(CCC4[C@@]5(C)CC[C@H](O[C@@H]6O[C@H](CO[C@@H]7O[C@H](CO)[C@@H](O[C@@H]8O[C@@H](C)[C@H](O)[C@@H](O)[C@H]8O)[C@H](O)[C@H]7O)[C@@H](O)[C@H](O)[C@H]6O)C(C)(C(=O)O)C5CC[C@]43C)C12. The first-order valence-electron chi connectivity index (χ1n) is 27.9. The van der Waals surface area contributed by atoms with Crippen LogP contribution in [0.5, 0.6) is 0 Å². The fourth-order valence-electron chi connectivity index (χ4n) is 17.2. The Labute approximate surface area is 453 Å². The molecule has 0 amide bonds. The van der Waals surface area contributed by atoms with Crippen LogP contribution in [-0.2, 0) is 47.5 Å². The van der Waals surface area contributed by atoms with Gasteiger partial charge in [0.25, 0.3) is 0 Å². The number of aliphatic hydroxyl groups excluding tert-OH is 13. The molecule has 9 aliphatic rings. The fraction of sp³-hybridized carbons (Fsp3) is 0.926. The lowest BCUT2D eigenvalue weighted by atomic mass is 9.32. The minimum absolute atomic E-state index is 0.0150. The topological polar surface area (TPSA) is 391 Å². The summed E-state index contributed by atoms with van der Waals surface area (Å²) in [6.07, 6.45) is -28.0. The summed E-state index contributed by atoms with van der Waals surface area (Å²) < 4.78 is 46.8. The van der Waals surface area contributed by atoms with E-state index in [1.807, 2.05) is 6.92 Å². The summed E-state index contributed by atoms with van der Waals surface area (Å²) in [5.41, 5.74) is -2.81. The molecule has 0 aromatic rings. The van der Waals surface area contributed by atoms with E-state index >= 15 is 0 Å². The molecule has 4 aliphatic heterocycles. The predicted molar refractivity (Wildman–Crippen MR) is 263 cm³/mol. The molecule has 14 N–H and O–H groups in total. The van der Waals surface area contributed by atoms with Gasteiger partial charge < -0.3 is 109 Å². The Hall–Kier alpha value is -2.12. The summed E-state index contributed by atoms with van der Waals surface area (Å²) in [7, 11) is 0. The Morgan fingerprint density at radius 3 is 1.77 bits per heavy atom. The number of rotatable bonds is 13. The van der Waals surface area contributed by atoms with Crippen molar-refractivity contribution in [1.82, 2.24) is 0 Å². The molecule has 78 heavy (non-hydrogen) atoms. The number of aliphatic hydroxyl groups is 13. The highest BCUT2D eigenvalue weighted by Gasteiger charge is 2.74. The Morgan fingerprint density at radius 1 is 0.564 bits per heavy atom. The number of esters is 1. The molecule has 0 aromatic heterocycles. The average molecular weight is 1120 g/mol. The number of carboxylic acid groups (broad SMARTS) is 1. The minimum Gasteiger partial charge on any atom is -0.481 e. The van der Waals surface area contributed by atoms with Crippen molar-refractivity contribution < 1.29 is 119 Å². The third-order valence-electron chi connectivity index (χ3n) is 21.9. The van der Waals surface area contributed by atoms with Crippen molar-refractivity contribution in [3.05, 3.63) is 12.2 Å². The Kier molecular flexibility index (Phi) is 17.2. The van der Waals surface area contributed by atoms with E-state index in [9.17, 15) is 81.1 Å². The van der Waals surface area contributed by atoms with Gasteiger partial charge in [0.1, 0.15) is 91.6 Å². The first-order chi connectivity index (χ1) is 36.6. The average Bonchev–Trinajstić information content (AvgIpc) is 2.80. The number of carbonyl (C=O) groups excluding carboxylic acids is 1. The number of fused-ring (bicyclic) bond motifs is 7. The number of hydrogen-bond donors (Lipinski definition) is 14. The molecule has 24 nitrogen and oxygen atoms in total. The Balaban J connectivity index is 0.889. The third kappa shape index (κ3) is 9.44. The fourth-order valence-corrected chi connectivity index (χ4v) is 17.2. The van der Waals surface area contributed by atoms with Crippen molar-refractivity contribution in [3.8, 4) is 0 Å². The van der Waals surface area contributed by atoms with Crippen LogP contribution in [0.25, 0.3) is 0 Å². The van der Waals surface area contributed by atoms with Gasteiger partial charge >= 0.3 is 11.9 Å². The number of allylic oxidation sites excluding steroid dienone is 1. The van der Waals surface area contributed by atoms with Gasteiger partial charge in [0.2, 0.25) is 6.29 Å². The minimum atomic E-state index is -1.89. The van der Waals surface area contributed by atoms with E-state index in [0.29, 0.717) is 44.9 Å². The summed E-state index contributed by atoms with van der Waals surface area (Å²) in [5.74, 6) is -2.31. The van der Waals surface area contributed by atoms with Gasteiger partial charge in [0.15, 0.2) is 18.9 Å². The number of aliphatic carboxylic acids is 1. The van der Waals surface area contributed by atoms with E-state index < -0.39 is 183 Å². The first kappa shape index (κ1) is 60.5. The highest BCUT2D eigenvalue weighted by atomic mass is 16.8. The predicted octanol–water partition coefficient (Wildman–Crippen LogP) is -2.09. The molecule has 0 radical (unpaired) electrons. The zero-order chi connectivity index (χ0) is 57.1. The summed E-state index contributed by atoms with van der Waals surface area (Å²) in [4.78, 5) is 28.7. The van der Waals surface area contributed by atoms with Gasteiger partial charge in [0, 0.05) is 0 Å². The van der Waals surface area contributed by atoms with Crippen LogP contribution < -0.4 is 0 Å². The smallest absolute Gasteiger partial charge is 0.314 e. The molecule has 24 heteroatoms. The Bertz CT molecular complexity index is 2170. The second-order valence-corrected chi connectivity index (χ2v) is 25.5. The van der Waals surface area contributed by atoms with Gasteiger partial charge in [-0.25, -0.2) is 0 Å². The number of hydrogen-bond acceptors (Lipinski definition) is 23. The maximum absolute atomic E-state index is 14.7. The molecule has 446 valence electrons. The van der Waals surface area contributed by atoms with Crippen molar-refractivity contribution in [3.63, 3.8) is 0 Å². The van der Waals surface area contributed by atoms with Gasteiger partial charge in [-0.05, 0) is 131 Å². The summed E-state index contributed by atoms with van der Waals surface area (Å²) in [5, 5.41) is 150. The van der Waals surface area contributed by atoms with Gasteiger partial charge in [0.05, 0.1) is 42.9 Å². The normalized spacial score (nSPS) is 55.2. The molecule has 31 atom stereocenters. The second kappa shape index (κ2) is 22.1. The number of carboxylic acids is 1. The monoisotopic (exact) mass is 1120 g/mol. The quantitative estimate of drug-likeness (QED) is 0.0534. The van der Waals surface area contributed by atoms with Crippen LogP contribution in [0.4, 0.5) is 0 Å². The van der Waals surface area contributed by atoms with Crippen molar-refractivity contribution >= 4 is 11.9 Å². The lowest BCUT2D eigenvalue weighted by Crippen LogP contribution is -2.69. The highest BCUT2D eigenvalue weighted by molar-refractivity contribution is 5.79. The molecule has 9 rings (SSSR count). The van der Waals surface area contributed by atoms with Gasteiger partial charge in [-0.15, -0.1) is 0 Å². The van der Waals surface area contributed by atoms with Crippen molar-refractivity contribution in [2.24, 2.45) is 56.7 Å². The Morgan fingerprint density at radius 2 is 1.14 bits per heavy atom. The third-order valence-corrected chi connectivity index (χ3v) is 21.9.